The van der Waals surface area contributed by atoms with Crippen LogP contribution < -0.4 is 5.73 Å². The molecule has 0 amide bonds. The van der Waals surface area contributed by atoms with Crippen molar-refractivity contribution < 1.29 is 4.74 Å². The second kappa shape index (κ2) is 5.99. The molecular weight excluding hydrogens is 200 g/mol. The lowest BCUT2D eigenvalue weighted by Crippen LogP contribution is -2.45. The van der Waals surface area contributed by atoms with E-state index in [-0.39, 0.29) is 0 Å². The minimum absolute atomic E-state index is 0.459. The topological polar surface area (TPSA) is 38.5 Å². The maximum Gasteiger partial charge on any atom is 0.0561 e. The average molecular weight is 226 g/mol. The molecule has 0 spiro atoms. The molecule has 0 radical (unpaired) electrons. The molecule has 2 atom stereocenters. The van der Waals surface area contributed by atoms with Gasteiger partial charge in [-0.05, 0) is 64.6 Å². The summed E-state index contributed by atoms with van der Waals surface area (Å²) in [4.78, 5) is 2.69. The normalized spacial score (nSPS) is 34.1. The minimum atomic E-state index is 0.459. The first-order valence-electron chi connectivity index (χ1n) is 6.85. The number of ether oxygens (including phenoxy) is 1. The first-order valence-corrected chi connectivity index (χ1v) is 6.85. The number of piperidine rings is 1. The van der Waals surface area contributed by atoms with Crippen molar-refractivity contribution in [3.05, 3.63) is 0 Å². The van der Waals surface area contributed by atoms with Crippen molar-refractivity contribution in [2.24, 2.45) is 11.7 Å². The van der Waals surface area contributed by atoms with Gasteiger partial charge >= 0.3 is 0 Å². The third-order valence-corrected chi connectivity index (χ3v) is 4.20. The van der Waals surface area contributed by atoms with Crippen LogP contribution in [0.1, 0.15) is 39.0 Å². The van der Waals surface area contributed by atoms with Crippen LogP contribution in [-0.2, 0) is 4.74 Å². The molecule has 2 heterocycles. The fourth-order valence-corrected chi connectivity index (χ4v) is 3.15. The van der Waals surface area contributed by atoms with Crippen LogP contribution in [-0.4, -0.2) is 43.3 Å². The number of hydrogen-bond donors (Lipinski definition) is 1. The van der Waals surface area contributed by atoms with Gasteiger partial charge in [-0.25, -0.2) is 0 Å². The first kappa shape index (κ1) is 12.3. The molecule has 2 rings (SSSR count). The lowest BCUT2D eigenvalue weighted by atomic mass is 9.91. The summed E-state index contributed by atoms with van der Waals surface area (Å²) < 4.78 is 5.62. The maximum atomic E-state index is 5.62. The first-order chi connectivity index (χ1) is 7.79. The van der Waals surface area contributed by atoms with Crippen LogP contribution in [0.15, 0.2) is 0 Å². The lowest BCUT2D eigenvalue weighted by molar-refractivity contribution is -0.0248. The predicted molar refractivity (Wildman–Crippen MR) is 66.4 cm³/mol. The Morgan fingerprint density at radius 1 is 1.25 bits per heavy atom. The van der Waals surface area contributed by atoms with Crippen LogP contribution in [0.3, 0.4) is 0 Å². The monoisotopic (exact) mass is 226 g/mol. The highest BCUT2D eigenvalue weighted by Crippen LogP contribution is 2.26. The fraction of sp³-hybridized carbons (Fsp3) is 1.00. The Labute approximate surface area is 99.3 Å². The highest BCUT2D eigenvalue weighted by atomic mass is 16.5. The number of nitrogens with zero attached hydrogens (tertiary/aromatic N) is 1. The zero-order chi connectivity index (χ0) is 11.4. The second-order valence-corrected chi connectivity index (χ2v) is 5.42. The van der Waals surface area contributed by atoms with E-state index >= 15 is 0 Å². The lowest BCUT2D eigenvalue weighted by Gasteiger charge is -2.40. The van der Waals surface area contributed by atoms with Crippen molar-refractivity contribution in [1.82, 2.24) is 4.90 Å². The van der Waals surface area contributed by atoms with E-state index in [1.54, 1.807) is 0 Å². The molecule has 0 bridgehead atoms. The van der Waals surface area contributed by atoms with Gasteiger partial charge in [0.05, 0.1) is 6.10 Å². The summed E-state index contributed by atoms with van der Waals surface area (Å²) in [5.74, 6) is 0.888. The van der Waals surface area contributed by atoms with Crippen LogP contribution in [0.2, 0.25) is 0 Å². The summed E-state index contributed by atoms with van der Waals surface area (Å²) in [6, 6.07) is 0.780. The van der Waals surface area contributed by atoms with E-state index in [9.17, 15) is 0 Å². The molecule has 0 saturated carbocycles. The van der Waals surface area contributed by atoms with Gasteiger partial charge in [0.1, 0.15) is 0 Å². The average Bonchev–Trinajstić information content (AvgIpc) is 2.30. The van der Waals surface area contributed by atoms with Crippen LogP contribution in [0.25, 0.3) is 0 Å². The van der Waals surface area contributed by atoms with Gasteiger partial charge in [-0.1, -0.05) is 0 Å². The minimum Gasteiger partial charge on any atom is -0.378 e. The van der Waals surface area contributed by atoms with E-state index in [0.29, 0.717) is 6.10 Å². The van der Waals surface area contributed by atoms with Gasteiger partial charge < -0.3 is 15.4 Å². The summed E-state index contributed by atoms with van der Waals surface area (Å²) in [6.45, 7) is 6.57. The quantitative estimate of drug-likeness (QED) is 0.794. The van der Waals surface area contributed by atoms with Gasteiger partial charge in [0.15, 0.2) is 0 Å². The molecule has 3 nitrogen and oxygen atoms in total. The molecule has 94 valence electrons. The van der Waals surface area contributed by atoms with E-state index in [0.717, 1.165) is 25.1 Å². The summed E-state index contributed by atoms with van der Waals surface area (Å²) in [7, 11) is 0. The summed E-state index contributed by atoms with van der Waals surface area (Å²) in [6.07, 6.45) is 6.83. The van der Waals surface area contributed by atoms with Gasteiger partial charge in [-0.15, -0.1) is 0 Å². The van der Waals surface area contributed by atoms with Crippen molar-refractivity contribution >= 4 is 0 Å². The third kappa shape index (κ3) is 3.19. The number of rotatable bonds is 3. The van der Waals surface area contributed by atoms with Gasteiger partial charge in [0, 0.05) is 12.6 Å². The molecule has 2 aliphatic rings. The van der Waals surface area contributed by atoms with Crippen molar-refractivity contribution in [3.63, 3.8) is 0 Å². The Bertz CT molecular complexity index is 202. The molecule has 3 heteroatoms. The Hall–Kier alpha value is -0.120. The molecule has 2 saturated heterocycles. The fourth-order valence-electron chi connectivity index (χ4n) is 3.15. The molecule has 0 aromatic heterocycles. The molecule has 2 aliphatic heterocycles. The van der Waals surface area contributed by atoms with E-state index in [1.165, 1.54) is 45.2 Å². The molecular formula is C13H26N2O. The van der Waals surface area contributed by atoms with Crippen LogP contribution >= 0.6 is 0 Å². The molecule has 2 N–H and O–H groups in total. The molecule has 0 aliphatic carbocycles. The van der Waals surface area contributed by atoms with Gasteiger partial charge in [0.2, 0.25) is 0 Å². The van der Waals surface area contributed by atoms with Crippen molar-refractivity contribution in [2.45, 2.75) is 51.2 Å². The largest absolute Gasteiger partial charge is 0.378 e. The van der Waals surface area contributed by atoms with Crippen LogP contribution in [0, 0.1) is 5.92 Å². The molecule has 2 fully saturated rings. The van der Waals surface area contributed by atoms with E-state index in [1.807, 2.05) is 0 Å². The maximum absolute atomic E-state index is 5.62. The summed E-state index contributed by atoms with van der Waals surface area (Å²) in [5, 5.41) is 0. The highest BCUT2D eigenvalue weighted by Gasteiger charge is 2.28. The Morgan fingerprint density at radius 3 is 2.62 bits per heavy atom. The number of likely N-dealkylation sites (tertiary alicyclic amines) is 1. The van der Waals surface area contributed by atoms with Crippen LogP contribution in [0.4, 0.5) is 0 Å². The molecule has 2 unspecified atom stereocenters. The van der Waals surface area contributed by atoms with Crippen molar-refractivity contribution in [2.75, 3.05) is 26.2 Å². The molecule has 0 aromatic rings. The van der Waals surface area contributed by atoms with E-state index < -0.39 is 0 Å². The smallest absolute Gasteiger partial charge is 0.0561 e. The van der Waals surface area contributed by atoms with Gasteiger partial charge in [0.25, 0.3) is 0 Å². The molecule has 0 aromatic carbocycles. The zero-order valence-corrected chi connectivity index (χ0v) is 10.5. The zero-order valence-electron chi connectivity index (χ0n) is 10.5. The Balaban J connectivity index is 1.75. The van der Waals surface area contributed by atoms with Crippen molar-refractivity contribution in [3.8, 4) is 0 Å². The van der Waals surface area contributed by atoms with E-state index in [4.69, 9.17) is 10.5 Å². The summed E-state index contributed by atoms with van der Waals surface area (Å²) >= 11 is 0. The van der Waals surface area contributed by atoms with Crippen LogP contribution in [0.5, 0.6) is 0 Å². The number of nitrogens with two attached hydrogens (primary N) is 1. The SMILES string of the molecule is CC1CC(N2CCC(CCN)CC2)CCO1. The third-order valence-electron chi connectivity index (χ3n) is 4.20. The highest BCUT2D eigenvalue weighted by molar-refractivity contribution is 4.82. The Kier molecular flexibility index (Phi) is 4.62. The summed E-state index contributed by atoms with van der Waals surface area (Å²) in [5.41, 5.74) is 5.62. The predicted octanol–water partition coefficient (Wildman–Crippen LogP) is 1.61. The van der Waals surface area contributed by atoms with Gasteiger partial charge in [-0.3, -0.25) is 0 Å². The standard InChI is InChI=1S/C13H26N2O/c1-11-10-13(5-9-16-11)15-7-3-12(2-6-14)4-8-15/h11-13H,2-10,14H2,1H3. The second-order valence-electron chi connectivity index (χ2n) is 5.42. The van der Waals surface area contributed by atoms with Gasteiger partial charge in [-0.2, -0.15) is 0 Å². The Morgan fingerprint density at radius 2 is 2.00 bits per heavy atom. The van der Waals surface area contributed by atoms with Crippen molar-refractivity contribution in [1.29, 1.82) is 0 Å². The molecule has 16 heavy (non-hydrogen) atoms. The van der Waals surface area contributed by atoms with E-state index in [2.05, 4.69) is 11.8 Å². The number of hydrogen-bond acceptors (Lipinski definition) is 3.